The Morgan fingerprint density at radius 2 is 2.45 bits per heavy atom. The van der Waals surface area contributed by atoms with Crippen LogP contribution in [0.1, 0.15) is 6.42 Å². The molecule has 3 nitrogen and oxygen atoms in total. The summed E-state index contributed by atoms with van der Waals surface area (Å²) in [6.45, 7) is 0. The molecule has 0 spiro atoms. The van der Waals surface area contributed by atoms with E-state index in [2.05, 4.69) is 9.98 Å². The summed E-state index contributed by atoms with van der Waals surface area (Å²) in [6, 6.07) is 0. The van der Waals surface area contributed by atoms with Gasteiger partial charge in [0.15, 0.2) is 6.29 Å². The highest BCUT2D eigenvalue weighted by atomic mass is 16.1. The largest absolute Gasteiger partial charge is 0.297 e. The highest BCUT2D eigenvalue weighted by molar-refractivity contribution is 6.29. The maximum Gasteiger partial charge on any atom is 0.164 e. The number of aldehydes is 1. The molecule has 0 amide bonds. The molecule has 3 heteroatoms. The number of carbonyl (C=O) groups is 1. The molecule has 0 N–H and O–H groups in total. The minimum Gasteiger partial charge on any atom is -0.297 e. The van der Waals surface area contributed by atoms with E-state index in [0.717, 1.165) is 17.6 Å². The van der Waals surface area contributed by atoms with E-state index >= 15 is 0 Å². The number of allylic oxidation sites excluding steroid dienone is 2. The van der Waals surface area contributed by atoms with E-state index in [0.29, 0.717) is 12.1 Å². The lowest BCUT2D eigenvalue weighted by Gasteiger charge is -2.06. The molecule has 2 aliphatic heterocycles. The Morgan fingerprint density at radius 1 is 1.55 bits per heavy atom. The fourth-order valence-corrected chi connectivity index (χ4v) is 1.10. The van der Waals surface area contributed by atoms with Gasteiger partial charge in [-0.05, 0) is 11.6 Å². The Kier molecular flexibility index (Phi) is 1.28. The summed E-state index contributed by atoms with van der Waals surface area (Å²) in [5, 5.41) is 0. The van der Waals surface area contributed by atoms with Gasteiger partial charge in [0.05, 0.1) is 17.6 Å². The van der Waals surface area contributed by atoms with Crippen LogP contribution in [0.15, 0.2) is 33.5 Å². The van der Waals surface area contributed by atoms with Crippen LogP contribution in [0.4, 0.5) is 0 Å². The topological polar surface area (TPSA) is 41.8 Å². The van der Waals surface area contributed by atoms with Gasteiger partial charge in [0.2, 0.25) is 0 Å². The molecular formula is C8H6N2O. The Labute approximate surface area is 63.9 Å². The standard InChI is InChI=1S/C8H6N2O/c11-5-7-3-6-1-2-9-8(6)4-10-7/h1-2,4-5H,3H2. The molecule has 2 heterocycles. The molecule has 0 unspecified atom stereocenters. The molecule has 0 saturated carbocycles. The second-order valence-electron chi connectivity index (χ2n) is 2.40. The number of hydrogen-bond donors (Lipinski definition) is 0. The van der Waals surface area contributed by atoms with Crippen LogP contribution in [-0.2, 0) is 4.79 Å². The number of carbonyl (C=O) groups excluding carboxylic acids is 1. The summed E-state index contributed by atoms with van der Waals surface area (Å²) < 4.78 is 0. The van der Waals surface area contributed by atoms with Gasteiger partial charge in [0.1, 0.15) is 0 Å². The van der Waals surface area contributed by atoms with Crippen molar-refractivity contribution in [3.63, 3.8) is 0 Å². The van der Waals surface area contributed by atoms with E-state index in [1.807, 2.05) is 6.08 Å². The molecule has 0 aromatic rings. The summed E-state index contributed by atoms with van der Waals surface area (Å²) in [5.74, 6) is 0. The number of aliphatic imine (C=N–C) groups is 2. The predicted octanol–water partition coefficient (Wildman–Crippen LogP) is 0.882. The summed E-state index contributed by atoms with van der Waals surface area (Å²) in [6.07, 6.45) is 6.67. The van der Waals surface area contributed by atoms with Gasteiger partial charge in [-0.3, -0.25) is 14.8 Å². The average molecular weight is 146 g/mol. The molecule has 0 atom stereocenters. The number of fused-ring (bicyclic) bond motifs is 1. The molecule has 0 aromatic heterocycles. The molecule has 0 aromatic carbocycles. The number of nitrogens with zero attached hydrogens (tertiary/aromatic N) is 2. The van der Waals surface area contributed by atoms with Crippen LogP contribution < -0.4 is 0 Å². The zero-order valence-electron chi connectivity index (χ0n) is 5.82. The van der Waals surface area contributed by atoms with Gasteiger partial charge in [-0.25, -0.2) is 0 Å². The molecule has 0 fully saturated rings. The van der Waals surface area contributed by atoms with E-state index in [4.69, 9.17) is 0 Å². The first-order chi connectivity index (χ1) is 5.40. The van der Waals surface area contributed by atoms with E-state index in [-0.39, 0.29) is 0 Å². The Morgan fingerprint density at radius 3 is 3.27 bits per heavy atom. The summed E-state index contributed by atoms with van der Waals surface area (Å²) in [4.78, 5) is 18.3. The minimum absolute atomic E-state index is 0.575. The van der Waals surface area contributed by atoms with E-state index in [1.54, 1.807) is 12.4 Å². The van der Waals surface area contributed by atoms with E-state index in [1.165, 1.54) is 0 Å². The van der Waals surface area contributed by atoms with Gasteiger partial charge in [0, 0.05) is 12.6 Å². The van der Waals surface area contributed by atoms with Crippen molar-refractivity contribution in [3.8, 4) is 0 Å². The molecule has 11 heavy (non-hydrogen) atoms. The molecule has 0 radical (unpaired) electrons. The van der Waals surface area contributed by atoms with Crippen molar-refractivity contribution < 1.29 is 4.79 Å². The smallest absolute Gasteiger partial charge is 0.164 e. The fourth-order valence-electron chi connectivity index (χ4n) is 1.10. The van der Waals surface area contributed by atoms with Crippen LogP contribution in [0, 0.1) is 0 Å². The van der Waals surface area contributed by atoms with Crippen molar-refractivity contribution in [3.05, 3.63) is 23.5 Å². The molecule has 2 rings (SSSR count). The molecule has 0 aliphatic carbocycles. The first-order valence-corrected chi connectivity index (χ1v) is 3.36. The molecule has 2 aliphatic rings. The lowest BCUT2D eigenvalue weighted by Crippen LogP contribution is -2.05. The van der Waals surface area contributed by atoms with Gasteiger partial charge in [-0.15, -0.1) is 0 Å². The zero-order chi connectivity index (χ0) is 7.68. The van der Waals surface area contributed by atoms with E-state index < -0.39 is 0 Å². The quantitative estimate of drug-likeness (QED) is 0.506. The zero-order valence-corrected chi connectivity index (χ0v) is 5.82. The maximum absolute atomic E-state index is 10.3. The summed E-state index contributed by atoms with van der Waals surface area (Å²) in [5.41, 5.74) is 2.54. The normalized spacial score (nSPS) is 20.2. The van der Waals surface area contributed by atoms with Crippen molar-refractivity contribution >= 4 is 18.2 Å². The van der Waals surface area contributed by atoms with Crippen LogP contribution in [0.3, 0.4) is 0 Å². The minimum atomic E-state index is 0.575. The Balaban J connectivity index is 2.37. The molecule has 0 saturated heterocycles. The Bertz CT molecular complexity index is 321. The van der Waals surface area contributed by atoms with E-state index in [9.17, 15) is 4.79 Å². The average Bonchev–Trinajstić information content (AvgIpc) is 2.50. The number of hydrogen-bond acceptors (Lipinski definition) is 3. The summed E-state index contributed by atoms with van der Waals surface area (Å²) in [7, 11) is 0. The third kappa shape index (κ3) is 0.941. The third-order valence-corrected chi connectivity index (χ3v) is 1.68. The lowest BCUT2D eigenvalue weighted by atomic mass is 10.1. The van der Waals surface area contributed by atoms with Crippen molar-refractivity contribution in [2.75, 3.05) is 0 Å². The van der Waals surface area contributed by atoms with Gasteiger partial charge >= 0.3 is 0 Å². The van der Waals surface area contributed by atoms with Crippen molar-refractivity contribution in [2.45, 2.75) is 6.42 Å². The van der Waals surface area contributed by atoms with Gasteiger partial charge in [0.25, 0.3) is 0 Å². The highest BCUT2D eigenvalue weighted by Gasteiger charge is 2.14. The van der Waals surface area contributed by atoms with Crippen LogP contribution in [0.2, 0.25) is 0 Å². The molecule has 0 bridgehead atoms. The second kappa shape index (κ2) is 2.27. The van der Waals surface area contributed by atoms with Gasteiger partial charge in [-0.1, -0.05) is 0 Å². The van der Waals surface area contributed by atoms with Crippen LogP contribution in [0.5, 0.6) is 0 Å². The maximum atomic E-state index is 10.3. The lowest BCUT2D eigenvalue weighted by molar-refractivity contribution is -0.102. The van der Waals surface area contributed by atoms with Crippen molar-refractivity contribution in [2.24, 2.45) is 9.98 Å². The van der Waals surface area contributed by atoms with Crippen molar-refractivity contribution in [1.29, 1.82) is 0 Å². The fraction of sp³-hybridized carbons (Fsp3) is 0.125. The first-order valence-electron chi connectivity index (χ1n) is 3.36. The second-order valence-corrected chi connectivity index (χ2v) is 2.40. The summed E-state index contributed by atoms with van der Waals surface area (Å²) >= 11 is 0. The van der Waals surface area contributed by atoms with Crippen LogP contribution in [0.25, 0.3) is 0 Å². The Hall–Kier alpha value is -1.51. The monoisotopic (exact) mass is 146 g/mol. The van der Waals surface area contributed by atoms with Gasteiger partial charge in [-0.2, -0.15) is 0 Å². The highest BCUT2D eigenvalue weighted by Crippen LogP contribution is 2.22. The third-order valence-electron chi connectivity index (χ3n) is 1.68. The molecule has 54 valence electrons. The van der Waals surface area contributed by atoms with Gasteiger partial charge < -0.3 is 0 Å². The van der Waals surface area contributed by atoms with Crippen LogP contribution >= 0.6 is 0 Å². The predicted molar refractivity (Wildman–Crippen MR) is 42.8 cm³/mol. The molecular weight excluding hydrogens is 140 g/mol. The van der Waals surface area contributed by atoms with Crippen molar-refractivity contribution in [1.82, 2.24) is 0 Å². The first kappa shape index (κ1) is 6.22. The SMILES string of the molecule is O=CC1=NC=C2N=CC=C2C1. The number of rotatable bonds is 1. The van der Waals surface area contributed by atoms with Crippen LogP contribution in [-0.4, -0.2) is 18.2 Å².